The van der Waals surface area contributed by atoms with Crippen LogP contribution in [0.3, 0.4) is 0 Å². The molecule has 2 heterocycles. The number of benzene rings is 4. The normalized spacial score (nSPS) is 14.7. The number of halogens is 2. The van der Waals surface area contributed by atoms with Crippen LogP contribution in [-0.2, 0) is 16.1 Å². The summed E-state index contributed by atoms with van der Waals surface area (Å²) in [5.41, 5.74) is 2.93. The lowest BCUT2D eigenvalue weighted by molar-refractivity contribution is -0.139. The number of para-hydroxylation sites is 1. The fourth-order valence-corrected chi connectivity index (χ4v) is 8.11. The van der Waals surface area contributed by atoms with Gasteiger partial charge in [0.25, 0.3) is 5.56 Å². The van der Waals surface area contributed by atoms with Gasteiger partial charge in [0.2, 0.25) is 0 Å². The highest BCUT2D eigenvalue weighted by molar-refractivity contribution is 9.11. The first-order chi connectivity index (χ1) is 22.7. The number of hydrogen-bond acceptors (Lipinski definition) is 7. The minimum Gasteiger partial charge on any atom is -0.491 e. The van der Waals surface area contributed by atoms with Gasteiger partial charge in [0.1, 0.15) is 24.1 Å². The van der Waals surface area contributed by atoms with Crippen LogP contribution in [0.2, 0.25) is 0 Å². The predicted molar refractivity (Wildman–Crippen MR) is 193 cm³/mol. The number of thiazole rings is 1. The van der Waals surface area contributed by atoms with E-state index in [2.05, 4.69) is 56.1 Å². The van der Waals surface area contributed by atoms with Gasteiger partial charge >= 0.3 is 5.97 Å². The standard InChI is InChI=1S/C37H32Br2N2O5S/c1-5-44-36(43)32-22(4)40-37-41(33(32)28-15-8-9-16-30(28)46-21(2)3)35(42)31(47-37)18-25-17-26(38)19-29(39)34(25)45-20-24-13-10-12-23-11-6-7-14-27(23)24/h6-19,21,33H,5,20H2,1-4H3/b31-18-/t33-/m1/s1. The summed E-state index contributed by atoms with van der Waals surface area (Å²) in [6.07, 6.45) is 1.69. The molecule has 0 unspecified atom stereocenters. The van der Waals surface area contributed by atoms with Gasteiger partial charge < -0.3 is 14.2 Å². The summed E-state index contributed by atoms with van der Waals surface area (Å²) in [4.78, 5) is 33.0. The van der Waals surface area contributed by atoms with Gasteiger partial charge in [-0.3, -0.25) is 9.36 Å². The molecule has 4 aromatic carbocycles. The van der Waals surface area contributed by atoms with E-state index in [1.807, 2.05) is 74.5 Å². The van der Waals surface area contributed by atoms with Crippen LogP contribution >= 0.6 is 43.2 Å². The zero-order valence-corrected chi connectivity index (χ0v) is 30.2. The number of nitrogens with zero attached hydrogens (tertiary/aromatic N) is 2. The van der Waals surface area contributed by atoms with Crippen LogP contribution in [-0.4, -0.2) is 23.2 Å². The molecule has 0 spiro atoms. The summed E-state index contributed by atoms with van der Waals surface area (Å²) >= 11 is 8.54. The van der Waals surface area contributed by atoms with Crippen LogP contribution in [0.5, 0.6) is 11.5 Å². The van der Waals surface area contributed by atoms with Crippen molar-refractivity contribution in [2.75, 3.05) is 6.61 Å². The van der Waals surface area contributed by atoms with Crippen molar-refractivity contribution < 1.29 is 19.0 Å². The number of rotatable bonds is 9. The molecule has 0 fully saturated rings. The Morgan fingerprint density at radius 3 is 2.57 bits per heavy atom. The van der Waals surface area contributed by atoms with E-state index in [1.165, 1.54) is 11.3 Å². The van der Waals surface area contributed by atoms with Crippen molar-refractivity contribution in [2.24, 2.45) is 4.99 Å². The third kappa shape index (κ3) is 6.72. The number of carbonyl (C=O) groups excluding carboxylic acids is 1. The lowest BCUT2D eigenvalue weighted by Crippen LogP contribution is -2.40. The summed E-state index contributed by atoms with van der Waals surface area (Å²) < 4.78 is 21.7. The monoisotopic (exact) mass is 774 g/mol. The second kappa shape index (κ2) is 14.0. The molecular formula is C37H32Br2N2O5S. The largest absolute Gasteiger partial charge is 0.491 e. The second-order valence-electron chi connectivity index (χ2n) is 11.2. The number of aromatic nitrogens is 1. The van der Waals surface area contributed by atoms with E-state index >= 15 is 0 Å². The van der Waals surface area contributed by atoms with Crippen LogP contribution < -0.4 is 24.4 Å². The molecular weight excluding hydrogens is 744 g/mol. The molecule has 0 radical (unpaired) electrons. The van der Waals surface area contributed by atoms with E-state index < -0.39 is 12.0 Å². The second-order valence-corrected chi connectivity index (χ2v) is 14.0. The molecule has 0 bridgehead atoms. The number of hydrogen-bond donors (Lipinski definition) is 0. The van der Waals surface area contributed by atoms with Crippen LogP contribution in [0.1, 0.15) is 50.4 Å². The Labute approximate surface area is 293 Å². The van der Waals surface area contributed by atoms with Crippen molar-refractivity contribution in [2.45, 2.75) is 46.4 Å². The summed E-state index contributed by atoms with van der Waals surface area (Å²) in [5, 5.41) is 2.25. The minimum absolute atomic E-state index is 0.120. The number of fused-ring (bicyclic) bond motifs is 2. The third-order valence-corrected chi connectivity index (χ3v) is 9.70. The lowest BCUT2D eigenvalue weighted by atomic mass is 9.95. The molecule has 0 N–H and O–H groups in total. The average Bonchev–Trinajstić information content (AvgIpc) is 3.33. The van der Waals surface area contributed by atoms with Crippen molar-refractivity contribution in [3.8, 4) is 11.5 Å². The lowest BCUT2D eigenvalue weighted by Gasteiger charge is -2.26. The van der Waals surface area contributed by atoms with Gasteiger partial charge in [-0.25, -0.2) is 9.79 Å². The predicted octanol–water partition coefficient (Wildman–Crippen LogP) is 7.84. The molecule has 0 saturated carbocycles. The molecule has 0 amide bonds. The van der Waals surface area contributed by atoms with Gasteiger partial charge in [-0.1, -0.05) is 87.9 Å². The van der Waals surface area contributed by atoms with Crippen LogP contribution in [0.4, 0.5) is 0 Å². The van der Waals surface area contributed by atoms with Crippen molar-refractivity contribution in [1.29, 1.82) is 0 Å². The Bertz CT molecular complexity index is 2220. The van der Waals surface area contributed by atoms with Crippen molar-refractivity contribution in [1.82, 2.24) is 4.57 Å². The summed E-state index contributed by atoms with van der Waals surface area (Å²) in [7, 11) is 0. The van der Waals surface area contributed by atoms with E-state index in [4.69, 9.17) is 19.2 Å². The highest BCUT2D eigenvalue weighted by atomic mass is 79.9. The Kier molecular flexibility index (Phi) is 9.82. The van der Waals surface area contributed by atoms with Crippen LogP contribution in [0, 0.1) is 0 Å². The fraction of sp³-hybridized carbons (Fsp3) is 0.216. The fourth-order valence-electron chi connectivity index (χ4n) is 5.70. The Morgan fingerprint density at radius 2 is 1.79 bits per heavy atom. The van der Waals surface area contributed by atoms with Gasteiger partial charge in [0, 0.05) is 15.6 Å². The topological polar surface area (TPSA) is 79.1 Å². The SMILES string of the molecule is CCOC(=O)C1=C(C)N=c2s/c(=C\c3cc(Br)cc(Br)c3OCc3cccc4ccccc34)c(=O)n2[C@@H]1c1ccccc1OC(C)C. The summed E-state index contributed by atoms with van der Waals surface area (Å²) in [6.45, 7) is 7.92. The van der Waals surface area contributed by atoms with Crippen molar-refractivity contribution >= 4 is 66.0 Å². The molecule has 1 aromatic heterocycles. The molecule has 0 aliphatic carbocycles. The summed E-state index contributed by atoms with van der Waals surface area (Å²) in [6, 6.07) is 24.9. The molecule has 1 aliphatic rings. The van der Waals surface area contributed by atoms with Crippen LogP contribution in [0.15, 0.2) is 109 Å². The quantitative estimate of drug-likeness (QED) is 0.143. The van der Waals surface area contributed by atoms with Crippen molar-refractivity contribution in [3.05, 3.63) is 135 Å². The number of allylic oxidation sites excluding steroid dienone is 1. The number of carbonyl (C=O) groups is 1. The Hall–Kier alpha value is -3.99. The number of esters is 1. The first-order valence-electron chi connectivity index (χ1n) is 15.2. The minimum atomic E-state index is -0.793. The molecule has 5 aromatic rings. The molecule has 6 rings (SSSR count). The maximum Gasteiger partial charge on any atom is 0.338 e. The van der Waals surface area contributed by atoms with E-state index in [0.29, 0.717) is 49.8 Å². The van der Waals surface area contributed by atoms with Crippen molar-refractivity contribution in [3.63, 3.8) is 0 Å². The average molecular weight is 777 g/mol. The summed E-state index contributed by atoms with van der Waals surface area (Å²) in [5.74, 6) is 0.661. The van der Waals surface area contributed by atoms with E-state index in [-0.39, 0.29) is 18.3 Å². The van der Waals surface area contributed by atoms with Gasteiger partial charge in [-0.15, -0.1) is 0 Å². The van der Waals surface area contributed by atoms with Gasteiger partial charge in [0.05, 0.1) is 33.0 Å². The maximum atomic E-state index is 14.4. The van der Waals surface area contributed by atoms with E-state index in [1.54, 1.807) is 18.4 Å². The molecule has 7 nitrogen and oxygen atoms in total. The molecule has 47 heavy (non-hydrogen) atoms. The zero-order chi connectivity index (χ0) is 33.2. The molecule has 10 heteroatoms. The highest BCUT2D eigenvalue weighted by Gasteiger charge is 2.35. The molecule has 0 saturated heterocycles. The van der Waals surface area contributed by atoms with Gasteiger partial charge in [-0.2, -0.15) is 0 Å². The smallest absolute Gasteiger partial charge is 0.338 e. The molecule has 240 valence electrons. The Balaban J connectivity index is 1.49. The van der Waals surface area contributed by atoms with E-state index in [0.717, 1.165) is 25.3 Å². The van der Waals surface area contributed by atoms with Gasteiger partial charge in [-0.05, 0) is 84.2 Å². The first-order valence-corrected chi connectivity index (χ1v) is 17.6. The molecule has 1 aliphatic heterocycles. The highest BCUT2D eigenvalue weighted by Crippen LogP contribution is 2.37. The van der Waals surface area contributed by atoms with Crippen LogP contribution in [0.25, 0.3) is 16.8 Å². The zero-order valence-electron chi connectivity index (χ0n) is 26.3. The third-order valence-electron chi connectivity index (χ3n) is 7.67. The van der Waals surface area contributed by atoms with Gasteiger partial charge in [0.15, 0.2) is 4.80 Å². The maximum absolute atomic E-state index is 14.4. The Morgan fingerprint density at radius 1 is 1.04 bits per heavy atom. The van der Waals surface area contributed by atoms with E-state index in [9.17, 15) is 9.59 Å². The number of ether oxygens (including phenoxy) is 3. The molecule has 1 atom stereocenters. The first kappa shape index (κ1) is 32.9.